The van der Waals surface area contributed by atoms with Gasteiger partial charge in [0.15, 0.2) is 10.6 Å². The van der Waals surface area contributed by atoms with Crippen LogP contribution in [-0.2, 0) is 4.79 Å². The van der Waals surface area contributed by atoms with Crippen LogP contribution in [0.1, 0.15) is 46.7 Å². The smallest absolute Gasteiger partial charge is 0.406 e. The van der Waals surface area contributed by atoms with Gasteiger partial charge in [0, 0.05) is 23.1 Å². The van der Waals surface area contributed by atoms with Gasteiger partial charge in [-0.2, -0.15) is 4.99 Å². The van der Waals surface area contributed by atoms with Gasteiger partial charge in [-0.25, -0.2) is 9.67 Å². The van der Waals surface area contributed by atoms with E-state index in [1.807, 2.05) is 36.6 Å². The summed E-state index contributed by atoms with van der Waals surface area (Å²) in [6.45, 7) is 8.30. The van der Waals surface area contributed by atoms with Crippen LogP contribution in [0.3, 0.4) is 0 Å². The fourth-order valence-electron chi connectivity index (χ4n) is 5.73. The van der Waals surface area contributed by atoms with Crippen LogP contribution in [0.5, 0.6) is 5.75 Å². The van der Waals surface area contributed by atoms with Crippen LogP contribution < -0.4 is 9.54 Å². The molecule has 1 fully saturated rings. The molecule has 2 aromatic heterocycles. The van der Waals surface area contributed by atoms with Crippen molar-refractivity contribution < 1.29 is 22.7 Å². The van der Waals surface area contributed by atoms with E-state index in [1.54, 1.807) is 0 Å². The van der Waals surface area contributed by atoms with Crippen molar-refractivity contribution in [2.75, 3.05) is 0 Å². The SMILES string of the molecule is Cc1cc(C)c(-n2c(C)csc2=NC(=O)CC2CC2c2ccc(-c3ncn(-c4ccc(OC(F)(F)F)cc4)n3)cc2)c(C)c1. The average Bonchev–Trinajstić information content (AvgIpc) is 3.36. The molecule has 5 aromatic rings. The van der Waals surface area contributed by atoms with Crippen LogP contribution in [0.15, 0.2) is 77.4 Å². The molecular formula is C33H30F3N5O2S. The Bertz CT molecular complexity index is 1880. The molecule has 1 saturated carbocycles. The van der Waals surface area contributed by atoms with Crippen LogP contribution >= 0.6 is 11.3 Å². The van der Waals surface area contributed by atoms with Crippen LogP contribution in [0.4, 0.5) is 13.2 Å². The van der Waals surface area contributed by atoms with E-state index in [9.17, 15) is 18.0 Å². The summed E-state index contributed by atoms with van der Waals surface area (Å²) in [5.74, 6) is 0.622. The number of hydrogen-bond donors (Lipinski definition) is 0. The standard InChI is InChI=1S/C33H30F3N5O2S/c1-19-13-20(2)30(21(3)14-19)41-22(4)17-44-32(41)38-29(42)16-25-15-28(25)23-5-7-24(8-6-23)31-37-18-40(39-31)26-9-11-27(12-10-26)43-33(34,35)36/h5-14,17-18,25,28H,15-16H2,1-4H3. The van der Waals surface area contributed by atoms with Crippen molar-refractivity contribution in [1.82, 2.24) is 19.3 Å². The molecule has 1 aliphatic carbocycles. The van der Waals surface area contributed by atoms with E-state index in [0.717, 1.165) is 40.1 Å². The van der Waals surface area contributed by atoms with Gasteiger partial charge in [0.05, 0.1) is 11.4 Å². The molecule has 0 saturated heterocycles. The zero-order chi connectivity index (χ0) is 31.2. The number of amides is 1. The van der Waals surface area contributed by atoms with Gasteiger partial charge < -0.3 is 4.74 Å². The maximum absolute atomic E-state index is 13.0. The number of aryl methyl sites for hydroxylation is 4. The van der Waals surface area contributed by atoms with Crippen molar-refractivity contribution in [2.45, 2.75) is 52.8 Å². The Balaban J connectivity index is 1.10. The molecule has 11 heteroatoms. The molecule has 44 heavy (non-hydrogen) atoms. The third-order valence-electron chi connectivity index (χ3n) is 7.74. The second-order valence-electron chi connectivity index (χ2n) is 11.2. The van der Waals surface area contributed by atoms with Gasteiger partial charge in [0.1, 0.15) is 12.1 Å². The molecule has 7 nitrogen and oxygen atoms in total. The number of rotatable bonds is 7. The number of alkyl halides is 3. The first-order valence-corrected chi connectivity index (χ1v) is 15.0. The maximum Gasteiger partial charge on any atom is 0.573 e. The lowest BCUT2D eigenvalue weighted by Gasteiger charge is -2.14. The summed E-state index contributed by atoms with van der Waals surface area (Å²) in [5.41, 5.74) is 8.16. The third kappa shape index (κ3) is 6.37. The molecule has 2 atom stereocenters. The summed E-state index contributed by atoms with van der Waals surface area (Å²) in [5, 5.41) is 6.50. The fourth-order valence-corrected chi connectivity index (χ4v) is 6.60. The van der Waals surface area contributed by atoms with Gasteiger partial charge in [-0.05, 0) is 86.9 Å². The maximum atomic E-state index is 13.0. The summed E-state index contributed by atoms with van der Waals surface area (Å²) in [4.78, 5) is 22.6. The van der Waals surface area contributed by atoms with Gasteiger partial charge in [-0.1, -0.05) is 42.0 Å². The fraction of sp³-hybridized carbons (Fsp3) is 0.273. The quantitative estimate of drug-likeness (QED) is 0.189. The average molecular weight is 618 g/mol. The van der Waals surface area contributed by atoms with Crippen LogP contribution in [0.2, 0.25) is 0 Å². The molecule has 2 unspecified atom stereocenters. The summed E-state index contributed by atoms with van der Waals surface area (Å²) < 4.78 is 44.8. The van der Waals surface area contributed by atoms with Crippen LogP contribution in [0.25, 0.3) is 22.8 Å². The van der Waals surface area contributed by atoms with Crippen molar-refractivity contribution in [3.63, 3.8) is 0 Å². The second kappa shape index (κ2) is 11.5. The molecular weight excluding hydrogens is 587 g/mol. The van der Waals surface area contributed by atoms with Gasteiger partial charge >= 0.3 is 6.36 Å². The Kier molecular flexibility index (Phi) is 7.75. The van der Waals surface area contributed by atoms with Crippen molar-refractivity contribution in [2.24, 2.45) is 10.9 Å². The van der Waals surface area contributed by atoms with E-state index in [0.29, 0.717) is 28.7 Å². The third-order valence-corrected chi connectivity index (χ3v) is 8.69. The van der Waals surface area contributed by atoms with Crippen LogP contribution in [-0.4, -0.2) is 31.6 Å². The van der Waals surface area contributed by atoms with E-state index >= 15 is 0 Å². The number of benzene rings is 3. The van der Waals surface area contributed by atoms with Gasteiger partial charge in [0.2, 0.25) is 5.91 Å². The van der Waals surface area contributed by atoms with Crippen molar-refractivity contribution >= 4 is 17.2 Å². The molecule has 0 aliphatic heterocycles. The van der Waals surface area contributed by atoms with Gasteiger partial charge in [0.25, 0.3) is 0 Å². The Labute approximate surface area is 256 Å². The topological polar surface area (TPSA) is 74.3 Å². The minimum absolute atomic E-state index is 0.111. The first-order valence-electron chi connectivity index (χ1n) is 14.2. The number of carbonyl (C=O) groups excluding carboxylic acids is 1. The summed E-state index contributed by atoms with van der Waals surface area (Å²) in [6, 6.07) is 17.7. The molecule has 0 spiro atoms. The molecule has 1 amide bonds. The number of ether oxygens (including phenoxy) is 1. The summed E-state index contributed by atoms with van der Waals surface area (Å²) in [6.07, 6.45) is -1.91. The van der Waals surface area contributed by atoms with Gasteiger partial charge in [-0.3, -0.25) is 9.36 Å². The van der Waals surface area contributed by atoms with E-state index in [4.69, 9.17) is 0 Å². The Hall–Kier alpha value is -4.51. The summed E-state index contributed by atoms with van der Waals surface area (Å²) >= 11 is 1.48. The lowest BCUT2D eigenvalue weighted by Crippen LogP contribution is -2.18. The highest BCUT2D eigenvalue weighted by molar-refractivity contribution is 7.07. The lowest BCUT2D eigenvalue weighted by molar-refractivity contribution is -0.274. The minimum atomic E-state index is -4.74. The highest BCUT2D eigenvalue weighted by atomic mass is 32.1. The van der Waals surface area contributed by atoms with Crippen molar-refractivity contribution in [3.05, 3.63) is 105 Å². The lowest BCUT2D eigenvalue weighted by atomic mass is 10.0. The highest BCUT2D eigenvalue weighted by Gasteiger charge is 2.39. The number of hydrogen-bond acceptors (Lipinski definition) is 5. The molecule has 2 heterocycles. The van der Waals surface area contributed by atoms with Crippen molar-refractivity contribution in [3.8, 4) is 28.5 Å². The number of nitrogens with zero attached hydrogens (tertiary/aromatic N) is 5. The molecule has 1 aliphatic rings. The predicted molar refractivity (Wildman–Crippen MR) is 162 cm³/mol. The zero-order valence-electron chi connectivity index (χ0n) is 24.6. The predicted octanol–water partition coefficient (Wildman–Crippen LogP) is 7.54. The van der Waals surface area contributed by atoms with E-state index in [2.05, 4.69) is 57.3 Å². The zero-order valence-corrected chi connectivity index (χ0v) is 25.4. The first kappa shape index (κ1) is 29.6. The number of thiazole rings is 1. The largest absolute Gasteiger partial charge is 0.573 e. The van der Waals surface area contributed by atoms with Crippen LogP contribution in [0, 0.1) is 33.6 Å². The van der Waals surface area contributed by atoms with E-state index in [1.165, 1.54) is 52.2 Å². The first-order chi connectivity index (χ1) is 20.9. The van der Waals surface area contributed by atoms with Gasteiger partial charge in [-0.15, -0.1) is 29.6 Å². The molecule has 3 aromatic carbocycles. The minimum Gasteiger partial charge on any atom is -0.406 e. The highest BCUT2D eigenvalue weighted by Crippen LogP contribution is 2.49. The monoisotopic (exact) mass is 617 g/mol. The Morgan fingerprint density at radius 3 is 2.36 bits per heavy atom. The van der Waals surface area contributed by atoms with E-state index < -0.39 is 6.36 Å². The molecule has 226 valence electrons. The molecule has 0 bridgehead atoms. The number of halogens is 3. The van der Waals surface area contributed by atoms with E-state index in [-0.39, 0.29) is 17.6 Å². The Morgan fingerprint density at radius 1 is 1.02 bits per heavy atom. The Morgan fingerprint density at radius 2 is 1.70 bits per heavy atom. The number of aromatic nitrogens is 4. The summed E-state index contributed by atoms with van der Waals surface area (Å²) in [7, 11) is 0. The molecule has 0 N–H and O–H groups in total. The normalized spacial score (nSPS) is 16.8. The molecule has 6 rings (SSSR count). The van der Waals surface area contributed by atoms with Crippen molar-refractivity contribution in [1.29, 1.82) is 0 Å². The second-order valence-corrected chi connectivity index (χ2v) is 12.1. The molecule has 0 radical (unpaired) electrons. The number of carbonyl (C=O) groups is 1.